The largest absolute Gasteiger partial charge is 0.402 e. The monoisotopic (exact) mass is 427 g/mol. The van der Waals surface area contributed by atoms with E-state index in [9.17, 15) is 26.4 Å². The molecule has 0 radical (unpaired) electrons. The summed E-state index contributed by atoms with van der Waals surface area (Å²) < 4.78 is 63.4. The van der Waals surface area contributed by atoms with Crippen molar-refractivity contribution in [3.8, 4) is 0 Å². The van der Waals surface area contributed by atoms with Crippen LogP contribution < -0.4 is 10.0 Å². The number of carbonyl (C=O) groups excluding carboxylic acids is 1. The van der Waals surface area contributed by atoms with Crippen molar-refractivity contribution in [3.63, 3.8) is 0 Å². The maximum atomic E-state index is 12.5. The van der Waals surface area contributed by atoms with Crippen LogP contribution in [0.2, 0.25) is 0 Å². The number of carbonyl (C=O) groups is 1. The van der Waals surface area contributed by atoms with Crippen LogP contribution in [0, 0.1) is 13.8 Å². The van der Waals surface area contributed by atoms with Crippen LogP contribution in [-0.2, 0) is 10.0 Å². The van der Waals surface area contributed by atoms with Gasteiger partial charge in [-0.2, -0.15) is 18.3 Å². The molecule has 12 heteroatoms. The second-order valence-corrected chi connectivity index (χ2v) is 8.00. The van der Waals surface area contributed by atoms with Crippen molar-refractivity contribution in [1.29, 1.82) is 0 Å². The number of amides is 1. The summed E-state index contributed by atoms with van der Waals surface area (Å²) in [6.45, 7) is 1.83. The lowest BCUT2D eigenvalue weighted by Gasteiger charge is -2.11. The quantitative estimate of drug-likeness (QED) is 0.651. The number of fused-ring (bicyclic) bond motifs is 1. The van der Waals surface area contributed by atoms with E-state index in [1.165, 1.54) is 27.6 Å². The fourth-order valence-corrected chi connectivity index (χ4v) is 3.58. The summed E-state index contributed by atoms with van der Waals surface area (Å²) in [5, 5.41) is 6.85. The topological polar surface area (TPSA) is 105 Å². The number of alkyl halides is 3. The highest BCUT2D eigenvalue weighted by molar-refractivity contribution is 7.89. The molecular weight excluding hydrogens is 411 g/mol. The summed E-state index contributed by atoms with van der Waals surface area (Å²) in [5.41, 5.74) is 2.44. The van der Waals surface area contributed by atoms with Crippen molar-refractivity contribution in [2.75, 3.05) is 11.9 Å². The Morgan fingerprint density at radius 1 is 1.17 bits per heavy atom. The van der Waals surface area contributed by atoms with Gasteiger partial charge in [-0.3, -0.25) is 4.79 Å². The van der Waals surface area contributed by atoms with E-state index >= 15 is 0 Å². The van der Waals surface area contributed by atoms with Gasteiger partial charge < -0.3 is 5.32 Å². The van der Waals surface area contributed by atoms with Gasteiger partial charge in [-0.05, 0) is 38.1 Å². The standard InChI is InChI=1S/C17H16F3N5O3S/c1-10-7-15-21-8-14(11(2)25(15)24-10)16(26)23-12-3-5-13(6-4-12)29(27,28)22-9-17(18,19)20/h3-8,22H,9H2,1-2H3,(H,23,26). The molecule has 1 amide bonds. The lowest BCUT2D eigenvalue weighted by molar-refractivity contribution is -0.121. The van der Waals surface area contributed by atoms with Crippen LogP contribution in [0.1, 0.15) is 21.7 Å². The summed E-state index contributed by atoms with van der Waals surface area (Å²) >= 11 is 0. The number of hydrogen-bond donors (Lipinski definition) is 2. The van der Waals surface area contributed by atoms with Crippen molar-refractivity contribution in [3.05, 3.63) is 53.5 Å². The highest BCUT2D eigenvalue weighted by atomic mass is 32.2. The number of rotatable bonds is 5. The summed E-state index contributed by atoms with van der Waals surface area (Å²) in [6, 6.07) is 6.51. The van der Waals surface area contributed by atoms with Crippen molar-refractivity contribution >= 4 is 27.3 Å². The van der Waals surface area contributed by atoms with Crippen molar-refractivity contribution < 1.29 is 26.4 Å². The molecule has 0 atom stereocenters. The minimum Gasteiger partial charge on any atom is -0.322 e. The molecule has 3 rings (SSSR count). The number of halogens is 3. The summed E-state index contributed by atoms with van der Waals surface area (Å²) in [5.74, 6) is -0.490. The van der Waals surface area contributed by atoms with Gasteiger partial charge in [0.1, 0.15) is 6.54 Å². The van der Waals surface area contributed by atoms with Crippen LogP contribution in [0.3, 0.4) is 0 Å². The van der Waals surface area contributed by atoms with Gasteiger partial charge in [0.2, 0.25) is 10.0 Å². The van der Waals surface area contributed by atoms with E-state index in [-0.39, 0.29) is 16.1 Å². The number of aromatic nitrogens is 3. The van der Waals surface area contributed by atoms with Gasteiger partial charge in [0, 0.05) is 18.0 Å². The van der Waals surface area contributed by atoms with Gasteiger partial charge >= 0.3 is 6.18 Å². The Morgan fingerprint density at radius 2 is 1.83 bits per heavy atom. The van der Waals surface area contributed by atoms with Gasteiger partial charge in [0.05, 0.1) is 21.8 Å². The van der Waals surface area contributed by atoms with Gasteiger partial charge in [-0.1, -0.05) is 0 Å². The third-order valence-corrected chi connectivity index (χ3v) is 5.39. The first-order valence-corrected chi connectivity index (χ1v) is 9.74. The van der Waals surface area contributed by atoms with Gasteiger partial charge in [-0.25, -0.2) is 22.6 Å². The van der Waals surface area contributed by atoms with Crippen LogP contribution in [-0.4, -0.2) is 41.6 Å². The lowest BCUT2D eigenvalue weighted by atomic mass is 10.2. The summed E-state index contributed by atoms with van der Waals surface area (Å²) in [6.07, 6.45) is -3.26. The van der Waals surface area contributed by atoms with Gasteiger partial charge in [0.15, 0.2) is 5.65 Å². The number of nitrogens with zero attached hydrogens (tertiary/aromatic N) is 3. The molecule has 0 spiro atoms. The molecule has 0 saturated carbocycles. The second-order valence-electron chi connectivity index (χ2n) is 6.23. The number of aryl methyl sites for hydroxylation is 2. The predicted molar refractivity (Wildman–Crippen MR) is 98.1 cm³/mol. The Hall–Kier alpha value is -2.99. The minimum atomic E-state index is -4.67. The van der Waals surface area contributed by atoms with E-state index in [4.69, 9.17) is 0 Å². The number of anilines is 1. The smallest absolute Gasteiger partial charge is 0.322 e. The Kier molecular flexibility index (Phi) is 5.32. The zero-order chi connectivity index (χ0) is 21.4. The molecule has 2 heterocycles. The maximum absolute atomic E-state index is 12.5. The van der Waals surface area contributed by atoms with Crippen molar-refractivity contribution in [2.45, 2.75) is 24.9 Å². The lowest BCUT2D eigenvalue weighted by Crippen LogP contribution is -2.33. The van der Waals surface area contributed by atoms with E-state index in [2.05, 4.69) is 15.4 Å². The average molecular weight is 427 g/mol. The Balaban J connectivity index is 1.76. The Morgan fingerprint density at radius 3 is 2.45 bits per heavy atom. The zero-order valence-corrected chi connectivity index (χ0v) is 16.1. The molecule has 3 aromatic rings. The molecule has 0 aliphatic carbocycles. The third-order valence-electron chi connectivity index (χ3n) is 3.98. The highest BCUT2D eigenvalue weighted by Gasteiger charge is 2.30. The molecular formula is C17H16F3N5O3S. The minimum absolute atomic E-state index is 0.265. The molecule has 0 saturated heterocycles. The van der Waals surface area contributed by atoms with Gasteiger partial charge in [0.25, 0.3) is 5.91 Å². The van der Waals surface area contributed by atoms with Crippen LogP contribution in [0.25, 0.3) is 5.65 Å². The normalized spacial score (nSPS) is 12.3. The molecule has 2 N–H and O–H groups in total. The molecule has 0 unspecified atom stereocenters. The second kappa shape index (κ2) is 7.44. The van der Waals surface area contributed by atoms with E-state index in [1.807, 2.05) is 0 Å². The molecule has 1 aromatic carbocycles. The SMILES string of the molecule is Cc1cc2ncc(C(=O)Nc3ccc(S(=O)(=O)NCC(F)(F)F)cc3)c(C)n2n1. The summed E-state index contributed by atoms with van der Waals surface area (Å²) in [7, 11) is -4.32. The molecule has 2 aromatic heterocycles. The maximum Gasteiger partial charge on any atom is 0.402 e. The van der Waals surface area contributed by atoms with Crippen molar-refractivity contribution in [1.82, 2.24) is 19.3 Å². The Bertz CT molecular complexity index is 1170. The fraction of sp³-hybridized carbons (Fsp3) is 0.235. The Labute approximate surface area is 163 Å². The molecule has 0 aliphatic heterocycles. The average Bonchev–Trinajstić information content (AvgIpc) is 3.02. The first-order chi connectivity index (χ1) is 13.5. The number of benzene rings is 1. The van der Waals surface area contributed by atoms with E-state index in [1.54, 1.807) is 19.9 Å². The molecule has 0 aliphatic rings. The molecule has 0 fully saturated rings. The van der Waals surface area contributed by atoms with E-state index in [0.29, 0.717) is 11.3 Å². The highest BCUT2D eigenvalue weighted by Crippen LogP contribution is 2.18. The first-order valence-electron chi connectivity index (χ1n) is 8.26. The number of sulfonamides is 1. The number of hydrogen-bond acceptors (Lipinski definition) is 5. The zero-order valence-electron chi connectivity index (χ0n) is 15.3. The third kappa shape index (κ3) is 4.71. The van der Waals surface area contributed by atoms with Crippen LogP contribution in [0.5, 0.6) is 0 Å². The van der Waals surface area contributed by atoms with Crippen LogP contribution in [0.15, 0.2) is 41.4 Å². The van der Waals surface area contributed by atoms with E-state index < -0.39 is 28.7 Å². The summed E-state index contributed by atoms with van der Waals surface area (Å²) in [4.78, 5) is 16.3. The molecule has 8 nitrogen and oxygen atoms in total. The van der Waals surface area contributed by atoms with Gasteiger partial charge in [-0.15, -0.1) is 0 Å². The number of nitrogens with one attached hydrogen (secondary N) is 2. The van der Waals surface area contributed by atoms with Crippen molar-refractivity contribution in [2.24, 2.45) is 0 Å². The first kappa shape index (κ1) is 20.7. The fourth-order valence-electron chi connectivity index (χ4n) is 2.56. The van der Waals surface area contributed by atoms with E-state index in [0.717, 1.165) is 17.8 Å². The molecule has 154 valence electrons. The molecule has 0 bridgehead atoms. The van der Waals surface area contributed by atoms with Crippen LogP contribution in [0.4, 0.5) is 18.9 Å². The van der Waals surface area contributed by atoms with Crippen LogP contribution >= 0.6 is 0 Å². The predicted octanol–water partition coefficient (Wildman–Crippen LogP) is 2.44. The molecule has 29 heavy (non-hydrogen) atoms.